The normalized spacial score (nSPS) is 17.2. The van der Waals surface area contributed by atoms with Crippen molar-refractivity contribution in [2.24, 2.45) is 0 Å². The molecule has 1 aromatic heterocycles. The van der Waals surface area contributed by atoms with Crippen molar-refractivity contribution in [3.8, 4) is 0 Å². The lowest BCUT2D eigenvalue weighted by Crippen LogP contribution is -2.45. The summed E-state index contributed by atoms with van der Waals surface area (Å²) in [5, 5.41) is 13.2. The Morgan fingerprint density at radius 3 is 2.62 bits per heavy atom. The number of aromatic nitrogens is 2. The lowest BCUT2D eigenvalue weighted by Gasteiger charge is -2.20. The van der Waals surface area contributed by atoms with Crippen molar-refractivity contribution in [1.82, 2.24) is 20.4 Å². The average molecular weight is 240 g/mol. The van der Waals surface area contributed by atoms with Crippen LogP contribution in [0.1, 0.15) is 22.9 Å². The highest BCUT2D eigenvalue weighted by molar-refractivity contribution is 7.11. The Kier molecular flexibility index (Phi) is 2.94. The number of aryl methyl sites for hydroxylation is 1. The minimum atomic E-state index is -0.330. The quantitative estimate of drug-likeness (QED) is 0.835. The van der Waals surface area contributed by atoms with Gasteiger partial charge >= 0.3 is 0 Å². The molecule has 88 valence electrons. The van der Waals surface area contributed by atoms with Crippen LogP contribution in [0.5, 0.6) is 0 Å². The molecule has 1 aliphatic rings. The molecule has 0 aliphatic heterocycles. The van der Waals surface area contributed by atoms with Gasteiger partial charge in [0.05, 0.1) is 12.1 Å². The Bertz CT molecular complexity index is 397. The van der Waals surface area contributed by atoms with Crippen LogP contribution in [0.4, 0.5) is 0 Å². The Morgan fingerprint density at radius 1 is 1.50 bits per heavy atom. The van der Waals surface area contributed by atoms with E-state index in [-0.39, 0.29) is 11.4 Å². The molecule has 0 bridgehead atoms. The Balaban J connectivity index is 1.93. The molecule has 1 N–H and O–H groups in total. The fourth-order valence-electron chi connectivity index (χ4n) is 1.67. The van der Waals surface area contributed by atoms with Gasteiger partial charge in [-0.25, -0.2) is 0 Å². The van der Waals surface area contributed by atoms with Crippen molar-refractivity contribution in [2.45, 2.75) is 31.8 Å². The fourth-order valence-corrected chi connectivity index (χ4v) is 2.32. The molecule has 0 saturated heterocycles. The highest BCUT2D eigenvalue weighted by atomic mass is 32.1. The van der Waals surface area contributed by atoms with Gasteiger partial charge in [0, 0.05) is 14.1 Å². The smallest absolute Gasteiger partial charge is 0.242 e. The lowest BCUT2D eigenvalue weighted by atomic mass is 10.2. The minimum absolute atomic E-state index is 0.161. The molecular formula is C10H16N4OS. The van der Waals surface area contributed by atoms with Crippen molar-refractivity contribution >= 4 is 17.2 Å². The summed E-state index contributed by atoms with van der Waals surface area (Å²) < 4.78 is 0. The van der Waals surface area contributed by atoms with Gasteiger partial charge < -0.3 is 4.90 Å². The molecule has 0 atom stereocenters. The van der Waals surface area contributed by atoms with E-state index >= 15 is 0 Å². The van der Waals surface area contributed by atoms with Gasteiger partial charge in [-0.05, 0) is 19.8 Å². The van der Waals surface area contributed by atoms with Gasteiger partial charge in [-0.15, -0.1) is 21.5 Å². The first-order valence-corrected chi connectivity index (χ1v) is 6.11. The molecule has 0 spiro atoms. The van der Waals surface area contributed by atoms with E-state index in [4.69, 9.17) is 0 Å². The number of likely N-dealkylation sites (N-methyl/N-ethyl adjacent to an activating group) is 1. The largest absolute Gasteiger partial charge is 0.347 e. The molecule has 0 unspecified atom stereocenters. The summed E-state index contributed by atoms with van der Waals surface area (Å²) >= 11 is 1.57. The first-order chi connectivity index (χ1) is 7.53. The zero-order chi connectivity index (χ0) is 11.8. The maximum absolute atomic E-state index is 11.9. The number of hydrogen-bond donors (Lipinski definition) is 1. The zero-order valence-corrected chi connectivity index (χ0v) is 10.6. The number of nitrogens with one attached hydrogen (secondary N) is 1. The standard InChI is InChI=1S/C10H16N4OS/c1-7-12-13-8(16-7)6-11-10(4-5-10)9(15)14(2)3/h11H,4-6H2,1-3H3. The van der Waals surface area contributed by atoms with Crippen LogP contribution in [-0.4, -0.2) is 40.6 Å². The maximum Gasteiger partial charge on any atom is 0.242 e. The second kappa shape index (κ2) is 4.10. The van der Waals surface area contributed by atoms with Crippen LogP contribution in [0.15, 0.2) is 0 Å². The Morgan fingerprint density at radius 2 is 2.19 bits per heavy atom. The molecular weight excluding hydrogens is 224 g/mol. The molecule has 0 radical (unpaired) electrons. The van der Waals surface area contributed by atoms with Crippen molar-refractivity contribution in [3.63, 3.8) is 0 Å². The summed E-state index contributed by atoms with van der Waals surface area (Å²) in [6, 6.07) is 0. The van der Waals surface area contributed by atoms with Crippen LogP contribution in [0.25, 0.3) is 0 Å². The van der Waals surface area contributed by atoms with Crippen LogP contribution in [-0.2, 0) is 11.3 Å². The second-order valence-corrected chi connectivity index (χ2v) is 5.62. The summed E-state index contributed by atoms with van der Waals surface area (Å²) in [5.41, 5.74) is -0.330. The van der Waals surface area contributed by atoms with Gasteiger partial charge in [-0.2, -0.15) is 0 Å². The van der Waals surface area contributed by atoms with Gasteiger partial charge in [-0.1, -0.05) is 0 Å². The van der Waals surface area contributed by atoms with E-state index in [1.807, 2.05) is 6.92 Å². The third-order valence-corrected chi connectivity index (χ3v) is 3.55. The number of carbonyl (C=O) groups excluding carboxylic acids is 1. The van der Waals surface area contributed by atoms with E-state index in [0.29, 0.717) is 6.54 Å². The number of rotatable bonds is 4. The third-order valence-electron chi connectivity index (χ3n) is 2.71. The van der Waals surface area contributed by atoms with Crippen molar-refractivity contribution < 1.29 is 4.79 Å². The van der Waals surface area contributed by atoms with E-state index in [0.717, 1.165) is 22.9 Å². The van der Waals surface area contributed by atoms with Crippen molar-refractivity contribution in [2.75, 3.05) is 14.1 Å². The van der Waals surface area contributed by atoms with Gasteiger partial charge in [0.2, 0.25) is 5.91 Å². The number of nitrogens with zero attached hydrogens (tertiary/aromatic N) is 3. The molecule has 1 heterocycles. The average Bonchev–Trinajstić information content (AvgIpc) is 2.92. The summed E-state index contributed by atoms with van der Waals surface area (Å²) in [6.45, 7) is 2.56. The molecule has 5 nitrogen and oxygen atoms in total. The first kappa shape index (κ1) is 11.5. The topological polar surface area (TPSA) is 58.1 Å². The maximum atomic E-state index is 11.9. The summed E-state index contributed by atoms with van der Waals surface area (Å²) in [7, 11) is 3.58. The van der Waals surface area contributed by atoms with Crippen LogP contribution >= 0.6 is 11.3 Å². The molecule has 1 aromatic rings. The molecule has 1 saturated carbocycles. The summed E-state index contributed by atoms with van der Waals surface area (Å²) in [4.78, 5) is 13.5. The highest BCUT2D eigenvalue weighted by Gasteiger charge is 2.50. The molecule has 16 heavy (non-hydrogen) atoms. The molecule has 1 fully saturated rings. The molecule has 2 rings (SSSR count). The SMILES string of the molecule is Cc1nnc(CNC2(C(=O)N(C)C)CC2)s1. The van der Waals surface area contributed by atoms with Gasteiger partial charge in [0.25, 0.3) is 0 Å². The monoisotopic (exact) mass is 240 g/mol. The van der Waals surface area contributed by atoms with Gasteiger partial charge in [-0.3, -0.25) is 10.1 Å². The van der Waals surface area contributed by atoms with Crippen molar-refractivity contribution in [1.29, 1.82) is 0 Å². The van der Waals surface area contributed by atoms with Crippen molar-refractivity contribution in [3.05, 3.63) is 10.0 Å². The predicted molar refractivity (Wildman–Crippen MR) is 62.1 cm³/mol. The van der Waals surface area contributed by atoms with Crippen LogP contribution in [0.3, 0.4) is 0 Å². The molecule has 1 aliphatic carbocycles. The second-order valence-electron chi connectivity index (χ2n) is 4.35. The lowest BCUT2D eigenvalue weighted by molar-refractivity contribution is -0.132. The number of hydrogen-bond acceptors (Lipinski definition) is 5. The molecule has 6 heteroatoms. The Hall–Kier alpha value is -1.01. The summed E-state index contributed by atoms with van der Waals surface area (Å²) in [6.07, 6.45) is 1.84. The predicted octanol–water partition coefficient (Wildman–Crippen LogP) is 0.557. The number of carbonyl (C=O) groups is 1. The zero-order valence-electron chi connectivity index (χ0n) is 9.78. The first-order valence-electron chi connectivity index (χ1n) is 5.29. The van der Waals surface area contributed by atoms with E-state index < -0.39 is 0 Å². The minimum Gasteiger partial charge on any atom is -0.347 e. The third kappa shape index (κ3) is 2.22. The highest BCUT2D eigenvalue weighted by Crippen LogP contribution is 2.37. The van der Waals surface area contributed by atoms with Crippen LogP contribution in [0, 0.1) is 6.92 Å². The summed E-state index contributed by atoms with van der Waals surface area (Å²) in [5.74, 6) is 0.161. The molecule has 0 aromatic carbocycles. The van der Waals surface area contributed by atoms with E-state index in [9.17, 15) is 4.79 Å². The fraction of sp³-hybridized carbons (Fsp3) is 0.700. The van der Waals surface area contributed by atoms with Crippen LogP contribution < -0.4 is 5.32 Å². The van der Waals surface area contributed by atoms with Gasteiger partial charge in [0.1, 0.15) is 10.0 Å². The van der Waals surface area contributed by atoms with Crippen LogP contribution in [0.2, 0.25) is 0 Å². The Labute approximate surface area is 98.9 Å². The van der Waals surface area contributed by atoms with E-state index in [1.54, 1.807) is 30.3 Å². The van der Waals surface area contributed by atoms with E-state index in [2.05, 4.69) is 15.5 Å². The van der Waals surface area contributed by atoms with Gasteiger partial charge in [0.15, 0.2) is 0 Å². The molecule has 1 amide bonds. The van der Waals surface area contributed by atoms with E-state index in [1.165, 1.54) is 0 Å². The number of amides is 1.